The maximum atomic E-state index is 13.0. The Balaban J connectivity index is 1.64. The Bertz CT molecular complexity index is 1030. The lowest BCUT2D eigenvalue weighted by Crippen LogP contribution is -2.48. The van der Waals surface area contributed by atoms with Crippen LogP contribution < -0.4 is 4.74 Å². The number of carbonyl (C=O) groups excluding carboxylic acids is 1. The number of carbonyl (C=O) groups is 1. The highest BCUT2D eigenvalue weighted by atomic mass is 32.2. The van der Waals surface area contributed by atoms with E-state index in [1.807, 2.05) is 45.9 Å². The van der Waals surface area contributed by atoms with Crippen molar-refractivity contribution in [1.29, 1.82) is 0 Å². The lowest BCUT2D eigenvalue weighted by atomic mass is 9.98. The summed E-state index contributed by atoms with van der Waals surface area (Å²) in [5.41, 5.74) is 1.78. The lowest BCUT2D eigenvalue weighted by Gasteiger charge is -2.39. The van der Waals surface area contributed by atoms with Crippen molar-refractivity contribution in [2.45, 2.75) is 50.4 Å². The summed E-state index contributed by atoms with van der Waals surface area (Å²) in [5.74, 6) is 1.92. The Morgan fingerprint density at radius 1 is 1.13 bits per heavy atom. The van der Waals surface area contributed by atoms with Gasteiger partial charge in [-0.25, -0.2) is 0 Å². The summed E-state index contributed by atoms with van der Waals surface area (Å²) >= 11 is 1.42. The van der Waals surface area contributed by atoms with Gasteiger partial charge in [-0.2, -0.15) is 0 Å². The topological polar surface area (TPSA) is 73.1 Å². The molecule has 3 aromatic rings. The van der Waals surface area contributed by atoms with E-state index in [9.17, 15) is 4.79 Å². The highest BCUT2D eigenvalue weighted by Crippen LogP contribution is 2.30. The molecule has 2 unspecified atom stereocenters. The average molecular weight is 438 g/mol. The van der Waals surface area contributed by atoms with E-state index in [0.29, 0.717) is 16.7 Å². The first kappa shape index (κ1) is 21.4. The highest BCUT2D eigenvalue weighted by molar-refractivity contribution is 7.99. The van der Waals surface area contributed by atoms with Crippen molar-refractivity contribution in [3.05, 3.63) is 48.8 Å². The molecule has 3 heterocycles. The number of pyridine rings is 1. The van der Waals surface area contributed by atoms with Crippen molar-refractivity contribution in [2.24, 2.45) is 0 Å². The number of piperidine rings is 1. The molecule has 0 N–H and O–H groups in total. The third kappa shape index (κ3) is 4.58. The summed E-state index contributed by atoms with van der Waals surface area (Å²) in [7, 11) is 1.64. The number of thioether (sulfide) groups is 1. The van der Waals surface area contributed by atoms with E-state index in [1.54, 1.807) is 19.5 Å². The van der Waals surface area contributed by atoms with Gasteiger partial charge in [0.05, 0.1) is 18.6 Å². The van der Waals surface area contributed by atoms with Gasteiger partial charge in [0.15, 0.2) is 11.0 Å². The molecule has 2 atom stereocenters. The summed E-state index contributed by atoms with van der Waals surface area (Å²) in [4.78, 5) is 19.2. The SMILES string of the molecule is COc1cccc(-n2c(SCC(=O)N3C(C)CCCC3C)nnc2-c2ccncc2)c1. The van der Waals surface area contributed by atoms with Crippen molar-refractivity contribution < 1.29 is 9.53 Å². The molecule has 1 aliphatic heterocycles. The summed E-state index contributed by atoms with van der Waals surface area (Å²) in [6.07, 6.45) is 6.77. The number of hydrogen-bond donors (Lipinski definition) is 0. The standard InChI is InChI=1S/C23H27N5O2S/c1-16-6-4-7-17(2)27(16)21(29)15-31-23-26-25-22(18-10-12-24-13-11-18)28(23)19-8-5-9-20(14-19)30-3/h5,8-14,16-17H,4,6-7,15H2,1-3H3. The zero-order valence-corrected chi connectivity index (χ0v) is 18.9. The highest BCUT2D eigenvalue weighted by Gasteiger charge is 2.29. The van der Waals surface area contributed by atoms with Crippen molar-refractivity contribution in [3.8, 4) is 22.8 Å². The van der Waals surface area contributed by atoms with Gasteiger partial charge >= 0.3 is 0 Å². The van der Waals surface area contributed by atoms with Crippen LogP contribution >= 0.6 is 11.8 Å². The van der Waals surface area contributed by atoms with E-state index in [0.717, 1.165) is 29.8 Å². The fourth-order valence-corrected chi connectivity index (χ4v) is 4.97. The van der Waals surface area contributed by atoms with E-state index in [-0.39, 0.29) is 18.0 Å². The molecule has 1 fully saturated rings. The van der Waals surface area contributed by atoms with Gasteiger partial charge in [-0.1, -0.05) is 17.8 Å². The molecule has 162 valence electrons. The third-order valence-electron chi connectivity index (χ3n) is 5.69. The zero-order chi connectivity index (χ0) is 21.8. The number of amides is 1. The lowest BCUT2D eigenvalue weighted by molar-refractivity contribution is -0.134. The van der Waals surface area contributed by atoms with Crippen LogP contribution in [0.15, 0.2) is 53.9 Å². The first-order valence-corrected chi connectivity index (χ1v) is 11.5. The van der Waals surface area contributed by atoms with Crippen LogP contribution in [0.3, 0.4) is 0 Å². The molecule has 1 saturated heterocycles. The zero-order valence-electron chi connectivity index (χ0n) is 18.1. The van der Waals surface area contributed by atoms with Gasteiger partial charge in [-0.3, -0.25) is 14.3 Å². The third-order valence-corrected chi connectivity index (χ3v) is 6.60. The largest absolute Gasteiger partial charge is 0.497 e. The number of aromatic nitrogens is 4. The van der Waals surface area contributed by atoms with Crippen LogP contribution in [0.5, 0.6) is 5.75 Å². The second kappa shape index (κ2) is 9.51. The van der Waals surface area contributed by atoms with Crippen LogP contribution in [0.25, 0.3) is 17.1 Å². The molecular formula is C23H27N5O2S. The van der Waals surface area contributed by atoms with Gasteiger partial charge in [0.2, 0.25) is 5.91 Å². The van der Waals surface area contributed by atoms with Crippen LogP contribution in [0.2, 0.25) is 0 Å². The molecule has 2 aromatic heterocycles. The molecule has 0 radical (unpaired) electrons. The number of ether oxygens (including phenoxy) is 1. The number of likely N-dealkylation sites (tertiary alicyclic amines) is 1. The van der Waals surface area contributed by atoms with Gasteiger partial charge in [0, 0.05) is 36.1 Å². The Kier molecular flexibility index (Phi) is 6.56. The normalized spacial score (nSPS) is 18.7. The van der Waals surface area contributed by atoms with Crippen molar-refractivity contribution >= 4 is 17.7 Å². The van der Waals surface area contributed by atoms with Crippen molar-refractivity contribution in [2.75, 3.05) is 12.9 Å². The van der Waals surface area contributed by atoms with Crippen LogP contribution in [0.1, 0.15) is 33.1 Å². The van der Waals surface area contributed by atoms with Crippen LogP contribution in [-0.4, -0.2) is 55.5 Å². The summed E-state index contributed by atoms with van der Waals surface area (Å²) in [6, 6.07) is 12.1. The molecule has 7 nitrogen and oxygen atoms in total. The van der Waals surface area contributed by atoms with E-state index in [2.05, 4.69) is 29.0 Å². The second-order valence-electron chi connectivity index (χ2n) is 7.80. The number of nitrogens with zero attached hydrogens (tertiary/aromatic N) is 5. The molecule has 0 spiro atoms. The molecule has 0 bridgehead atoms. The maximum Gasteiger partial charge on any atom is 0.233 e. The van der Waals surface area contributed by atoms with Gasteiger partial charge in [0.1, 0.15) is 5.75 Å². The van der Waals surface area contributed by atoms with E-state index in [1.165, 1.54) is 18.2 Å². The predicted octanol–water partition coefficient (Wildman–Crippen LogP) is 4.22. The molecule has 0 aliphatic carbocycles. The number of methoxy groups -OCH3 is 1. The summed E-state index contributed by atoms with van der Waals surface area (Å²) < 4.78 is 7.38. The summed E-state index contributed by atoms with van der Waals surface area (Å²) in [5, 5.41) is 9.53. The number of rotatable bonds is 6. The first-order valence-electron chi connectivity index (χ1n) is 10.5. The van der Waals surface area contributed by atoms with Crippen LogP contribution in [0.4, 0.5) is 0 Å². The monoisotopic (exact) mass is 437 g/mol. The molecular weight excluding hydrogens is 410 g/mol. The molecule has 4 rings (SSSR count). The Morgan fingerprint density at radius 2 is 1.87 bits per heavy atom. The number of benzene rings is 1. The van der Waals surface area contributed by atoms with Gasteiger partial charge in [-0.05, 0) is 57.4 Å². The molecule has 1 aromatic carbocycles. The maximum absolute atomic E-state index is 13.0. The predicted molar refractivity (Wildman–Crippen MR) is 121 cm³/mol. The Hall–Kier alpha value is -2.87. The van der Waals surface area contributed by atoms with E-state index < -0.39 is 0 Å². The minimum atomic E-state index is 0.148. The molecule has 1 aliphatic rings. The minimum absolute atomic E-state index is 0.148. The molecule has 1 amide bonds. The quantitative estimate of drug-likeness (QED) is 0.538. The van der Waals surface area contributed by atoms with Crippen molar-refractivity contribution in [1.82, 2.24) is 24.6 Å². The fraction of sp³-hybridized carbons (Fsp3) is 0.391. The Morgan fingerprint density at radius 3 is 2.58 bits per heavy atom. The second-order valence-corrected chi connectivity index (χ2v) is 8.74. The average Bonchev–Trinajstić information content (AvgIpc) is 3.22. The van der Waals surface area contributed by atoms with E-state index in [4.69, 9.17) is 4.74 Å². The molecule has 0 saturated carbocycles. The number of hydrogen-bond acceptors (Lipinski definition) is 6. The smallest absolute Gasteiger partial charge is 0.233 e. The fourth-order valence-electron chi connectivity index (χ4n) is 4.15. The summed E-state index contributed by atoms with van der Waals surface area (Å²) in [6.45, 7) is 4.27. The van der Waals surface area contributed by atoms with Gasteiger partial charge in [-0.15, -0.1) is 10.2 Å². The van der Waals surface area contributed by atoms with Gasteiger partial charge < -0.3 is 9.64 Å². The van der Waals surface area contributed by atoms with Gasteiger partial charge in [0.25, 0.3) is 0 Å². The van der Waals surface area contributed by atoms with E-state index >= 15 is 0 Å². The Labute approximate surface area is 186 Å². The van der Waals surface area contributed by atoms with Crippen molar-refractivity contribution in [3.63, 3.8) is 0 Å². The van der Waals surface area contributed by atoms with Crippen LogP contribution in [-0.2, 0) is 4.79 Å². The molecule has 31 heavy (non-hydrogen) atoms. The first-order chi connectivity index (χ1) is 15.1. The molecule has 8 heteroatoms. The van der Waals surface area contributed by atoms with Crippen LogP contribution in [0, 0.1) is 0 Å². The minimum Gasteiger partial charge on any atom is -0.497 e.